The maximum absolute atomic E-state index is 12.7. The van der Waals surface area contributed by atoms with Crippen molar-refractivity contribution < 1.29 is 14.4 Å². The molecule has 128 valence electrons. The molecule has 1 heterocycles. The Labute approximate surface area is 145 Å². The molecule has 1 fully saturated rings. The topological polar surface area (TPSA) is 78.5 Å². The summed E-state index contributed by atoms with van der Waals surface area (Å²) in [6.45, 7) is 3.58. The van der Waals surface area contributed by atoms with Crippen molar-refractivity contribution in [2.75, 3.05) is 0 Å². The molecule has 2 N–H and O–H groups in total. The van der Waals surface area contributed by atoms with E-state index in [1.54, 1.807) is 31.2 Å². The third-order valence-electron chi connectivity index (χ3n) is 4.26. The maximum atomic E-state index is 12.7. The van der Waals surface area contributed by atoms with Gasteiger partial charge in [0.1, 0.15) is 5.54 Å². The summed E-state index contributed by atoms with van der Waals surface area (Å²) in [7, 11) is 0. The Morgan fingerprint density at radius 2 is 1.72 bits per heavy atom. The number of amides is 4. The SMILES string of the molecule is Cc1ccc(CC(=O)NN2C(=O)N[C@@](C)(c3ccccc3)C2=O)cc1. The van der Waals surface area contributed by atoms with Crippen molar-refractivity contribution in [3.05, 3.63) is 71.3 Å². The third-order valence-corrected chi connectivity index (χ3v) is 4.26. The van der Waals surface area contributed by atoms with Gasteiger partial charge in [-0.2, -0.15) is 5.01 Å². The van der Waals surface area contributed by atoms with Crippen molar-refractivity contribution in [1.82, 2.24) is 15.8 Å². The Kier molecular flexibility index (Phi) is 4.27. The fraction of sp³-hybridized carbons (Fsp3) is 0.211. The molecule has 6 nitrogen and oxygen atoms in total. The van der Waals surface area contributed by atoms with E-state index >= 15 is 0 Å². The fourth-order valence-corrected chi connectivity index (χ4v) is 2.76. The predicted octanol–water partition coefficient (Wildman–Crippen LogP) is 2.04. The molecule has 1 aliphatic rings. The van der Waals surface area contributed by atoms with Gasteiger partial charge in [-0.15, -0.1) is 0 Å². The van der Waals surface area contributed by atoms with Crippen LogP contribution in [0.25, 0.3) is 0 Å². The minimum absolute atomic E-state index is 0.0827. The van der Waals surface area contributed by atoms with Crippen LogP contribution in [0.3, 0.4) is 0 Å². The molecular formula is C19H19N3O3. The summed E-state index contributed by atoms with van der Waals surface area (Å²) in [4.78, 5) is 37.1. The first-order valence-corrected chi connectivity index (χ1v) is 7.97. The van der Waals surface area contributed by atoms with Gasteiger partial charge in [0.15, 0.2) is 0 Å². The number of hydrogen-bond acceptors (Lipinski definition) is 3. The average molecular weight is 337 g/mol. The van der Waals surface area contributed by atoms with Crippen molar-refractivity contribution in [1.29, 1.82) is 0 Å². The summed E-state index contributed by atoms with van der Waals surface area (Å²) >= 11 is 0. The number of benzene rings is 2. The molecule has 0 radical (unpaired) electrons. The van der Waals surface area contributed by atoms with E-state index in [1.807, 2.05) is 37.3 Å². The molecule has 0 unspecified atom stereocenters. The summed E-state index contributed by atoms with van der Waals surface area (Å²) in [5.74, 6) is -0.939. The summed E-state index contributed by atoms with van der Waals surface area (Å²) < 4.78 is 0. The van der Waals surface area contributed by atoms with Gasteiger partial charge in [0, 0.05) is 0 Å². The first-order valence-electron chi connectivity index (χ1n) is 7.97. The first-order chi connectivity index (χ1) is 11.9. The highest BCUT2D eigenvalue weighted by Gasteiger charge is 2.49. The highest BCUT2D eigenvalue weighted by molar-refractivity contribution is 6.08. The summed E-state index contributed by atoms with van der Waals surface area (Å²) in [5, 5.41) is 3.40. The minimum Gasteiger partial charge on any atom is -0.318 e. The first kappa shape index (κ1) is 16.7. The van der Waals surface area contributed by atoms with E-state index in [2.05, 4.69) is 10.7 Å². The zero-order chi connectivity index (χ0) is 18.0. The Hall–Kier alpha value is -3.15. The molecule has 1 atom stereocenters. The number of carbonyl (C=O) groups is 3. The Morgan fingerprint density at radius 1 is 1.08 bits per heavy atom. The zero-order valence-corrected chi connectivity index (χ0v) is 14.1. The van der Waals surface area contributed by atoms with E-state index in [9.17, 15) is 14.4 Å². The number of aryl methyl sites for hydroxylation is 1. The monoisotopic (exact) mass is 337 g/mol. The van der Waals surface area contributed by atoms with Crippen LogP contribution in [0, 0.1) is 6.92 Å². The van der Waals surface area contributed by atoms with E-state index in [1.165, 1.54) is 0 Å². The van der Waals surface area contributed by atoms with E-state index < -0.39 is 23.4 Å². The zero-order valence-electron chi connectivity index (χ0n) is 14.1. The van der Waals surface area contributed by atoms with Gasteiger partial charge in [0.05, 0.1) is 6.42 Å². The molecule has 2 aromatic carbocycles. The molecule has 1 aliphatic heterocycles. The van der Waals surface area contributed by atoms with E-state index in [-0.39, 0.29) is 6.42 Å². The lowest BCUT2D eigenvalue weighted by molar-refractivity contribution is -0.138. The van der Waals surface area contributed by atoms with Gasteiger partial charge in [-0.05, 0) is 25.0 Å². The summed E-state index contributed by atoms with van der Waals surface area (Å²) in [6.07, 6.45) is 0.0827. The largest absolute Gasteiger partial charge is 0.344 e. The molecule has 0 spiro atoms. The van der Waals surface area contributed by atoms with Crippen molar-refractivity contribution >= 4 is 17.8 Å². The number of urea groups is 1. The van der Waals surface area contributed by atoms with Crippen LogP contribution in [0.4, 0.5) is 4.79 Å². The van der Waals surface area contributed by atoms with Crippen molar-refractivity contribution in [3.8, 4) is 0 Å². The van der Waals surface area contributed by atoms with Crippen molar-refractivity contribution in [2.45, 2.75) is 25.8 Å². The van der Waals surface area contributed by atoms with Gasteiger partial charge >= 0.3 is 6.03 Å². The van der Waals surface area contributed by atoms with Crippen LogP contribution < -0.4 is 10.7 Å². The van der Waals surface area contributed by atoms with Gasteiger partial charge in [0.2, 0.25) is 5.91 Å². The summed E-state index contributed by atoms with van der Waals surface area (Å²) in [6, 6.07) is 15.8. The van der Waals surface area contributed by atoms with Crippen LogP contribution in [-0.4, -0.2) is 22.9 Å². The van der Waals surface area contributed by atoms with Crippen LogP contribution >= 0.6 is 0 Å². The van der Waals surface area contributed by atoms with Crippen LogP contribution in [-0.2, 0) is 21.5 Å². The van der Waals surface area contributed by atoms with E-state index in [4.69, 9.17) is 0 Å². The maximum Gasteiger partial charge on any atom is 0.344 e. The molecule has 6 heteroatoms. The molecular weight excluding hydrogens is 318 g/mol. The smallest absolute Gasteiger partial charge is 0.318 e. The molecule has 3 rings (SSSR count). The number of nitrogens with one attached hydrogen (secondary N) is 2. The molecule has 0 saturated carbocycles. The number of nitrogens with zero attached hydrogens (tertiary/aromatic N) is 1. The molecule has 0 aromatic heterocycles. The molecule has 2 aromatic rings. The fourth-order valence-electron chi connectivity index (χ4n) is 2.76. The Bertz CT molecular complexity index is 818. The Balaban J connectivity index is 1.72. The number of hydrogen-bond donors (Lipinski definition) is 2. The lowest BCUT2D eigenvalue weighted by Crippen LogP contribution is -2.48. The van der Waals surface area contributed by atoms with Crippen LogP contribution in [0.5, 0.6) is 0 Å². The average Bonchev–Trinajstić information content (AvgIpc) is 2.82. The van der Waals surface area contributed by atoms with Gasteiger partial charge in [0.25, 0.3) is 5.91 Å². The van der Waals surface area contributed by atoms with Crippen LogP contribution in [0.15, 0.2) is 54.6 Å². The van der Waals surface area contributed by atoms with Crippen molar-refractivity contribution in [2.24, 2.45) is 0 Å². The third kappa shape index (κ3) is 3.24. The molecule has 0 aliphatic carbocycles. The number of rotatable bonds is 4. The number of imide groups is 1. The van der Waals surface area contributed by atoms with E-state index in [0.717, 1.165) is 16.1 Å². The second-order valence-electron chi connectivity index (χ2n) is 6.26. The van der Waals surface area contributed by atoms with Gasteiger partial charge < -0.3 is 5.32 Å². The highest BCUT2D eigenvalue weighted by atomic mass is 16.2. The lowest BCUT2D eigenvalue weighted by atomic mass is 9.92. The Morgan fingerprint density at radius 3 is 2.36 bits per heavy atom. The second kappa shape index (κ2) is 6.39. The number of hydrazine groups is 1. The van der Waals surface area contributed by atoms with Crippen LogP contribution in [0.2, 0.25) is 0 Å². The molecule has 1 saturated heterocycles. The predicted molar refractivity (Wildman–Crippen MR) is 92.2 cm³/mol. The molecule has 0 bridgehead atoms. The summed E-state index contributed by atoms with van der Waals surface area (Å²) in [5.41, 5.74) is 3.76. The van der Waals surface area contributed by atoms with Crippen molar-refractivity contribution in [3.63, 3.8) is 0 Å². The van der Waals surface area contributed by atoms with Crippen LogP contribution in [0.1, 0.15) is 23.6 Å². The van der Waals surface area contributed by atoms with Gasteiger partial charge in [-0.3, -0.25) is 15.0 Å². The minimum atomic E-state index is -1.20. The highest BCUT2D eigenvalue weighted by Crippen LogP contribution is 2.27. The molecule has 4 amide bonds. The quantitative estimate of drug-likeness (QED) is 0.838. The second-order valence-corrected chi connectivity index (χ2v) is 6.26. The lowest BCUT2D eigenvalue weighted by Gasteiger charge is -2.22. The standard InChI is InChI=1S/C19H19N3O3/c1-13-8-10-14(11-9-13)12-16(23)21-22-17(24)19(2,20-18(22)25)15-6-4-3-5-7-15/h3-11H,12H2,1-2H3,(H,20,25)(H,21,23)/t19-/m0/s1. The van der Waals surface area contributed by atoms with Gasteiger partial charge in [-0.25, -0.2) is 4.79 Å². The number of carbonyl (C=O) groups excluding carboxylic acids is 3. The molecule has 25 heavy (non-hydrogen) atoms. The van der Waals surface area contributed by atoms with Gasteiger partial charge in [-0.1, -0.05) is 60.2 Å². The van der Waals surface area contributed by atoms with E-state index in [0.29, 0.717) is 5.56 Å². The normalized spacial score (nSPS) is 19.7.